The maximum atomic E-state index is 13.1. The zero-order chi connectivity index (χ0) is 17.5. The van der Waals surface area contributed by atoms with Gasteiger partial charge in [-0.1, -0.05) is 15.9 Å². The molecule has 3 rings (SSSR count). The quantitative estimate of drug-likeness (QED) is 0.832. The number of phenolic OH excluding ortho intramolecular Hbond substituents is 1. The highest BCUT2D eigenvalue weighted by Crippen LogP contribution is 2.40. The molecule has 0 fully saturated rings. The van der Waals surface area contributed by atoms with Crippen molar-refractivity contribution < 1.29 is 17.9 Å². The fourth-order valence-corrected chi connectivity index (χ4v) is 4.44. The van der Waals surface area contributed by atoms with Crippen LogP contribution in [0.25, 0.3) is 0 Å². The van der Waals surface area contributed by atoms with Crippen LogP contribution in [0.1, 0.15) is 24.9 Å². The van der Waals surface area contributed by atoms with Gasteiger partial charge >= 0.3 is 0 Å². The molecule has 1 heterocycles. The Morgan fingerprint density at radius 1 is 1.25 bits per heavy atom. The molecule has 5 nitrogen and oxygen atoms in total. The van der Waals surface area contributed by atoms with Gasteiger partial charge < -0.3 is 5.11 Å². The highest BCUT2D eigenvalue weighted by molar-refractivity contribution is 9.10. The molecule has 1 aliphatic heterocycles. The molecule has 0 aromatic heterocycles. The van der Waals surface area contributed by atoms with Crippen LogP contribution in [0.5, 0.6) is 5.75 Å². The molecule has 8 heteroatoms. The first kappa shape index (κ1) is 16.9. The van der Waals surface area contributed by atoms with Gasteiger partial charge in [-0.3, -0.25) is 0 Å². The molecule has 0 bridgehead atoms. The van der Waals surface area contributed by atoms with E-state index in [0.717, 1.165) is 21.0 Å². The van der Waals surface area contributed by atoms with Crippen LogP contribution in [0, 0.1) is 5.82 Å². The predicted octanol–water partition coefficient (Wildman–Crippen LogP) is 3.81. The van der Waals surface area contributed by atoms with Crippen LogP contribution >= 0.6 is 15.9 Å². The Kier molecular flexibility index (Phi) is 4.35. The normalized spacial score (nSPS) is 17.9. The number of rotatable bonds is 3. The summed E-state index contributed by atoms with van der Waals surface area (Å²) < 4.78 is 40.5. The van der Waals surface area contributed by atoms with Crippen LogP contribution in [0.15, 0.2) is 56.9 Å². The molecule has 0 saturated heterocycles. The second-order valence-corrected chi connectivity index (χ2v) is 8.20. The van der Waals surface area contributed by atoms with Gasteiger partial charge in [-0.15, -0.1) is 0 Å². The molecule has 0 radical (unpaired) electrons. The Bertz CT molecular complexity index is 913. The van der Waals surface area contributed by atoms with Gasteiger partial charge in [0.25, 0.3) is 10.0 Å². The van der Waals surface area contributed by atoms with Gasteiger partial charge in [0, 0.05) is 22.2 Å². The van der Waals surface area contributed by atoms with Crippen molar-refractivity contribution in [1.29, 1.82) is 0 Å². The first-order valence-electron chi connectivity index (χ1n) is 7.11. The Morgan fingerprint density at radius 2 is 1.92 bits per heavy atom. The number of hydrogen-bond donors (Lipinski definition) is 1. The summed E-state index contributed by atoms with van der Waals surface area (Å²) in [5.74, 6) is -0.524. The number of hydrazone groups is 1. The number of phenols is 1. The van der Waals surface area contributed by atoms with Gasteiger partial charge in [0.2, 0.25) is 0 Å². The lowest BCUT2D eigenvalue weighted by Crippen LogP contribution is -2.27. The van der Waals surface area contributed by atoms with E-state index in [0.29, 0.717) is 17.7 Å². The molecule has 1 unspecified atom stereocenters. The van der Waals surface area contributed by atoms with Crippen LogP contribution in [0.2, 0.25) is 0 Å². The van der Waals surface area contributed by atoms with E-state index in [2.05, 4.69) is 21.0 Å². The minimum atomic E-state index is -3.96. The van der Waals surface area contributed by atoms with Crippen molar-refractivity contribution >= 4 is 31.7 Å². The molecule has 0 spiro atoms. The van der Waals surface area contributed by atoms with Crippen LogP contribution in [-0.2, 0) is 10.0 Å². The average molecular weight is 413 g/mol. The molecule has 0 saturated carbocycles. The van der Waals surface area contributed by atoms with E-state index in [1.54, 1.807) is 19.1 Å². The Labute approximate surface area is 147 Å². The topological polar surface area (TPSA) is 70.0 Å². The summed E-state index contributed by atoms with van der Waals surface area (Å²) in [7, 11) is -3.96. The molecule has 0 aliphatic carbocycles. The van der Waals surface area contributed by atoms with Gasteiger partial charge in [-0.05, 0) is 49.4 Å². The molecule has 1 N–H and O–H groups in total. The Balaban J connectivity index is 2.07. The van der Waals surface area contributed by atoms with Crippen LogP contribution < -0.4 is 0 Å². The van der Waals surface area contributed by atoms with Crippen molar-refractivity contribution in [3.8, 4) is 5.75 Å². The summed E-state index contributed by atoms with van der Waals surface area (Å²) in [6.07, 6.45) is 0.366. The number of aromatic hydroxyl groups is 1. The molecule has 1 atom stereocenters. The summed E-state index contributed by atoms with van der Waals surface area (Å²) >= 11 is 3.32. The van der Waals surface area contributed by atoms with Crippen LogP contribution in [0.4, 0.5) is 4.39 Å². The largest absolute Gasteiger partial charge is 0.508 e. The summed E-state index contributed by atoms with van der Waals surface area (Å²) in [6.45, 7) is 1.72. The lowest BCUT2D eigenvalue weighted by atomic mass is 10.0. The van der Waals surface area contributed by atoms with E-state index in [4.69, 9.17) is 0 Å². The summed E-state index contributed by atoms with van der Waals surface area (Å²) in [4.78, 5) is -0.0539. The minimum Gasteiger partial charge on any atom is -0.508 e. The SMILES string of the molecule is CC1=NN(S(=O)(=O)c2ccc(F)cc2)C(c2cc(Br)ccc2O)C1. The standard InChI is InChI=1S/C16H14BrFN2O3S/c1-10-8-15(14-9-11(17)2-7-16(14)21)20(19-10)24(22,23)13-5-3-12(18)4-6-13/h2-7,9,15,21H,8H2,1H3. The molecule has 2 aromatic rings. The summed E-state index contributed by atoms with van der Waals surface area (Å²) in [5.41, 5.74) is 1.08. The number of benzene rings is 2. The lowest BCUT2D eigenvalue weighted by molar-refractivity contribution is 0.358. The van der Waals surface area contributed by atoms with E-state index in [1.807, 2.05) is 0 Å². The average Bonchev–Trinajstić information content (AvgIpc) is 2.93. The molecule has 24 heavy (non-hydrogen) atoms. The van der Waals surface area contributed by atoms with Crippen LogP contribution in [0.3, 0.4) is 0 Å². The third kappa shape index (κ3) is 3.03. The van der Waals surface area contributed by atoms with Crippen molar-refractivity contribution in [3.63, 3.8) is 0 Å². The Hall–Kier alpha value is -1.93. The van der Waals surface area contributed by atoms with Gasteiger partial charge in [0.05, 0.1) is 10.9 Å². The fraction of sp³-hybridized carbons (Fsp3) is 0.188. The molecule has 1 aliphatic rings. The van der Waals surface area contributed by atoms with Gasteiger partial charge in [0.1, 0.15) is 11.6 Å². The molecule has 126 valence electrons. The first-order chi connectivity index (χ1) is 11.3. The lowest BCUT2D eigenvalue weighted by Gasteiger charge is -2.24. The van der Waals surface area contributed by atoms with Crippen molar-refractivity contribution in [2.45, 2.75) is 24.3 Å². The summed E-state index contributed by atoms with van der Waals surface area (Å²) in [6, 6.07) is 8.75. The molecule has 2 aromatic carbocycles. The number of sulfonamides is 1. The molecular formula is C16H14BrFN2O3S. The van der Waals surface area contributed by atoms with E-state index < -0.39 is 21.9 Å². The predicted molar refractivity (Wildman–Crippen MR) is 91.7 cm³/mol. The molecule has 0 amide bonds. The fourth-order valence-electron chi connectivity index (χ4n) is 2.59. The van der Waals surface area contributed by atoms with E-state index in [9.17, 15) is 17.9 Å². The number of hydrogen-bond acceptors (Lipinski definition) is 4. The third-order valence-electron chi connectivity index (χ3n) is 3.73. The van der Waals surface area contributed by atoms with Crippen molar-refractivity contribution in [2.24, 2.45) is 5.10 Å². The van der Waals surface area contributed by atoms with Gasteiger partial charge in [-0.25, -0.2) is 4.39 Å². The second kappa shape index (κ2) is 6.18. The minimum absolute atomic E-state index is 0.00703. The Morgan fingerprint density at radius 3 is 2.58 bits per heavy atom. The zero-order valence-corrected chi connectivity index (χ0v) is 15.1. The smallest absolute Gasteiger partial charge is 0.279 e. The van der Waals surface area contributed by atoms with E-state index in [-0.39, 0.29) is 10.6 Å². The second-order valence-electron chi connectivity index (χ2n) is 5.49. The number of nitrogens with zero attached hydrogens (tertiary/aromatic N) is 2. The summed E-state index contributed by atoms with van der Waals surface area (Å²) in [5, 5.41) is 14.3. The zero-order valence-electron chi connectivity index (χ0n) is 12.6. The van der Waals surface area contributed by atoms with Crippen molar-refractivity contribution in [1.82, 2.24) is 4.41 Å². The molecular weight excluding hydrogens is 399 g/mol. The van der Waals surface area contributed by atoms with Gasteiger partial charge in [0.15, 0.2) is 0 Å². The van der Waals surface area contributed by atoms with Crippen molar-refractivity contribution in [2.75, 3.05) is 0 Å². The highest BCUT2D eigenvalue weighted by atomic mass is 79.9. The maximum Gasteiger partial charge on any atom is 0.279 e. The highest BCUT2D eigenvalue weighted by Gasteiger charge is 2.37. The van der Waals surface area contributed by atoms with Crippen LogP contribution in [-0.4, -0.2) is 23.7 Å². The maximum absolute atomic E-state index is 13.1. The van der Waals surface area contributed by atoms with Gasteiger partial charge in [-0.2, -0.15) is 17.9 Å². The van der Waals surface area contributed by atoms with E-state index >= 15 is 0 Å². The third-order valence-corrected chi connectivity index (χ3v) is 5.92. The van der Waals surface area contributed by atoms with E-state index in [1.165, 1.54) is 18.2 Å². The number of halogens is 2. The first-order valence-corrected chi connectivity index (χ1v) is 9.35. The monoisotopic (exact) mass is 412 g/mol. The van der Waals surface area contributed by atoms with Crippen molar-refractivity contribution in [3.05, 3.63) is 58.3 Å².